The molecule has 0 aliphatic rings. The Bertz CT molecular complexity index is 1350. The summed E-state index contributed by atoms with van der Waals surface area (Å²) in [6, 6.07) is 16.5. The standard InChI is InChI=1S/C51H100O7Si4/c1-20-60(21-2,22-3)57-48(31-32-54-39-45-29-27-26-28-30-45)37-50(56-59(18,19)51(15,16)17)36-47(53)34-46(52)35-49(58-61(23-4,24-5)25-6)33-43(13)44(14)38-55-62(40(7)8,41(9)10)42(11)12/h26-30,40-42,44,46,48-50,52H,13,20-25,31-39H2,1-12,14-19H3/t44-,46-,48+,49+,50-/m1/s1. The van der Waals surface area contributed by atoms with Crippen LogP contribution in [0.2, 0.25) is 71.0 Å². The molecule has 1 aromatic carbocycles. The predicted octanol–water partition coefficient (Wildman–Crippen LogP) is 15.0. The second-order valence-corrected chi connectivity index (χ2v) is 40.9. The number of ether oxygens (including phenoxy) is 1. The van der Waals surface area contributed by atoms with Gasteiger partial charge in [0.15, 0.2) is 33.3 Å². The first-order valence-corrected chi connectivity index (χ1v) is 35.1. The molecule has 11 heteroatoms. The fourth-order valence-electron chi connectivity index (χ4n) is 9.51. The Kier molecular flexibility index (Phi) is 26.6. The minimum Gasteiger partial charge on any atom is -0.415 e. The highest BCUT2D eigenvalue weighted by molar-refractivity contribution is 6.77. The maximum atomic E-state index is 14.2. The topological polar surface area (TPSA) is 83.5 Å². The number of benzene rings is 1. The Hall–Kier alpha value is -0.742. The van der Waals surface area contributed by atoms with E-state index in [1.54, 1.807) is 0 Å². The van der Waals surface area contributed by atoms with Crippen LogP contribution in [0.4, 0.5) is 0 Å². The summed E-state index contributed by atoms with van der Waals surface area (Å²) in [7, 11) is -8.31. The van der Waals surface area contributed by atoms with Gasteiger partial charge in [-0.3, -0.25) is 4.79 Å². The first-order chi connectivity index (χ1) is 28.8. The lowest BCUT2D eigenvalue weighted by Crippen LogP contribution is -2.48. The first-order valence-electron chi connectivity index (χ1n) is 25.0. The molecule has 0 aliphatic carbocycles. The van der Waals surface area contributed by atoms with Gasteiger partial charge in [-0.05, 0) is 108 Å². The summed E-state index contributed by atoms with van der Waals surface area (Å²) in [4.78, 5) is 14.2. The summed E-state index contributed by atoms with van der Waals surface area (Å²) in [5, 5.41) is 11.8. The van der Waals surface area contributed by atoms with E-state index in [2.05, 4.69) is 143 Å². The minimum absolute atomic E-state index is 0.0247. The van der Waals surface area contributed by atoms with Gasteiger partial charge in [-0.2, -0.15) is 0 Å². The molecule has 5 atom stereocenters. The molecule has 1 aromatic rings. The Balaban J connectivity index is 3.36. The molecule has 362 valence electrons. The van der Waals surface area contributed by atoms with E-state index in [1.807, 2.05) is 18.2 Å². The van der Waals surface area contributed by atoms with Crippen LogP contribution in [0.3, 0.4) is 0 Å². The SMILES string of the molecule is C=C(C[C@@H](C[C@H](O)CC(=O)C[C@H](C[C@H](CCOCc1ccccc1)O[Si](CC)(CC)CC)O[Si](C)(C)C(C)(C)C)O[Si](CC)(CC)CC)[C@H](C)CO[Si](C(C)C)(C(C)C)C(C)C. The Morgan fingerprint density at radius 3 is 1.60 bits per heavy atom. The zero-order valence-corrected chi connectivity index (χ0v) is 47.7. The van der Waals surface area contributed by atoms with Crippen molar-refractivity contribution in [1.82, 2.24) is 0 Å². The first kappa shape index (κ1) is 59.3. The maximum Gasteiger partial charge on any atom is 0.200 e. The molecule has 0 unspecified atom stereocenters. The van der Waals surface area contributed by atoms with E-state index in [0.717, 1.165) is 53.8 Å². The lowest BCUT2D eigenvalue weighted by Gasteiger charge is -2.43. The molecule has 1 N–H and O–H groups in total. The van der Waals surface area contributed by atoms with Gasteiger partial charge in [0.05, 0.1) is 24.9 Å². The third kappa shape index (κ3) is 18.5. The molecule has 0 aromatic heterocycles. The molecule has 62 heavy (non-hydrogen) atoms. The fourth-order valence-corrected chi connectivity index (χ4v) is 22.2. The van der Waals surface area contributed by atoms with Crippen LogP contribution in [-0.4, -0.2) is 81.8 Å². The molecule has 0 aliphatic heterocycles. The molecular formula is C51H100O7Si4. The maximum absolute atomic E-state index is 14.2. The van der Waals surface area contributed by atoms with Crippen LogP contribution in [0.15, 0.2) is 42.5 Å². The Labute approximate surface area is 388 Å². The van der Waals surface area contributed by atoms with Gasteiger partial charge in [-0.1, -0.05) is 153 Å². The predicted molar refractivity (Wildman–Crippen MR) is 276 cm³/mol. The number of ketones is 1. The number of hydrogen-bond donors (Lipinski definition) is 1. The summed E-state index contributed by atoms with van der Waals surface area (Å²) < 4.78 is 34.7. The average Bonchev–Trinajstić information content (AvgIpc) is 3.19. The van der Waals surface area contributed by atoms with Gasteiger partial charge in [-0.25, -0.2) is 0 Å². The zero-order valence-electron chi connectivity index (χ0n) is 43.7. The summed E-state index contributed by atoms with van der Waals surface area (Å²) in [5.41, 5.74) is 3.80. The van der Waals surface area contributed by atoms with Gasteiger partial charge < -0.3 is 27.5 Å². The van der Waals surface area contributed by atoms with E-state index >= 15 is 0 Å². The van der Waals surface area contributed by atoms with Gasteiger partial charge in [0, 0.05) is 32.2 Å². The number of aliphatic hydroxyl groups is 1. The van der Waals surface area contributed by atoms with Crippen LogP contribution in [0.1, 0.15) is 155 Å². The van der Waals surface area contributed by atoms with Gasteiger partial charge in [0.1, 0.15) is 5.78 Å². The quantitative estimate of drug-likeness (QED) is 0.0419. The van der Waals surface area contributed by atoms with Crippen molar-refractivity contribution < 1.29 is 32.3 Å². The summed E-state index contributed by atoms with van der Waals surface area (Å²) in [6.45, 7) is 47.4. The van der Waals surface area contributed by atoms with Gasteiger partial charge in [-0.15, -0.1) is 0 Å². The van der Waals surface area contributed by atoms with Crippen LogP contribution in [0.5, 0.6) is 0 Å². The van der Waals surface area contributed by atoms with Crippen LogP contribution in [-0.2, 0) is 33.8 Å². The summed E-state index contributed by atoms with van der Waals surface area (Å²) in [6.07, 6.45) is 1.37. The third-order valence-corrected chi connectivity index (χ3v) is 35.1. The Morgan fingerprint density at radius 2 is 1.15 bits per heavy atom. The van der Waals surface area contributed by atoms with Crippen molar-refractivity contribution in [2.45, 2.75) is 251 Å². The largest absolute Gasteiger partial charge is 0.415 e. The Morgan fingerprint density at radius 1 is 0.677 bits per heavy atom. The molecule has 0 radical (unpaired) electrons. The third-order valence-electron chi connectivity index (χ3n) is 15.1. The molecule has 0 saturated carbocycles. The van der Waals surface area contributed by atoms with Gasteiger partial charge in [0.2, 0.25) is 0 Å². The zero-order chi connectivity index (χ0) is 47.5. The van der Waals surface area contributed by atoms with Crippen molar-refractivity contribution in [2.24, 2.45) is 5.92 Å². The molecule has 0 bridgehead atoms. The molecule has 1 rings (SSSR count). The van der Waals surface area contributed by atoms with Crippen molar-refractivity contribution in [2.75, 3.05) is 13.2 Å². The second-order valence-electron chi connectivity index (χ2n) is 21.3. The van der Waals surface area contributed by atoms with Crippen molar-refractivity contribution in [3.05, 3.63) is 48.0 Å². The normalized spacial score (nSPS) is 15.9. The molecular weight excluding hydrogens is 837 g/mol. The number of rotatable bonds is 34. The van der Waals surface area contributed by atoms with E-state index in [0.29, 0.717) is 55.7 Å². The van der Waals surface area contributed by atoms with Crippen LogP contribution in [0, 0.1) is 5.92 Å². The van der Waals surface area contributed by atoms with Crippen molar-refractivity contribution in [3.63, 3.8) is 0 Å². The molecule has 7 nitrogen and oxygen atoms in total. The molecule has 0 spiro atoms. The number of carbonyl (C=O) groups excluding carboxylic acids is 1. The van der Waals surface area contributed by atoms with E-state index < -0.39 is 39.4 Å². The van der Waals surface area contributed by atoms with Crippen LogP contribution in [0.25, 0.3) is 0 Å². The molecule has 0 saturated heterocycles. The van der Waals surface area contributed by atoms with Crippen molar-refractivity contribution in [3.8, 4) is 0 Å². The van der Waals surface area contributed by atoms with Crippen molar-refractivity contribution >= 4 is 39.1 Å². The monoisotopic (exact) mass is 937 g/mol. The van der Waals surface area contributed by atoms with Gasteiger partial charge >= 0.3 is 0 Å². The van der Waals surface area contributed by atoms with E-state index in [9.17, 15) is 9.90 Å². The average molecular weight is 938 g/mol. The number of aliphatic hydroxyl groups excluding tert-OH is 1. The van der Waals surface area contributed by atoms with Crippen molar-refractivity contribution in [1.29, 1.82) is 0 Å². The highest BCUT2D eigenvalue weighted by Crippen LogP contribution is 2.43. The molecule has 0 amide bonds. The number of Topliss-reactive ketones (excluding diaryl/α,β-unsaturated/α-hetero) is 1. The van der Waals surface area contributed by atoms with Crippen LogP contribution < -0.4 is 0 Å². The lowest BCUT2D eigenvalue weighted by atomic mass is 9.94. The second kappa shape index (κ2) is 27.8. The fraction of sp³-hybridized carbons (Fsp3) is 0.824. The van der Waals surface area contributed by atoms with E-state index in [-0.39, 0.29) is 47.9 Å². The highest BCUT2D eigenvalue weighted by atomic mass is 28.4. The van der Waals surface area contributed by atoms with E-state index in [1.165, 1.54) is 0 Å². The lowest BCUT2D eigenvalue weighted by molar-refractivity contribution is -0.123. The van der Waals surface area contributed by atoms with Gasteiger partial charge in [0.25, 0.3) is 0 Å². The summed E-state index contributed by atoms with van der Waals surface area (Å²) >= 11 is 0. The number of hydrogen-bond acceptors (Lipinski definition) is 7. The van der Waals surface area contributed by atoms with Crippen LogP contribution >= 0.6 is 0 Å². The van der Waals surface area contributed by atoms with E-state index in [4.69, 9.17) is 22.4 Å². The highest BCUT2D eigenvalue weighted by Gasteiger charge is 2.46. The smallest absolute Gasteiger partial charge is 0.200 e. The number of carbonyl (C=O) groups is 1. The molecule has 0 fully saturated rings. The minimum atomic E-state index is -2.26. The molecule has 0 heterocycles. The summed E-state index contributed by atoms with van der Waals surface area (Å²) in [5.74, 6) is 0.193.